The molecule has 0 bridgehead atoms. The Bertz CT molecular complexity index is 1280. The minimum absolute atomic E-state index is 0.0662. The Morgan fingerprint density at radius 3 is 2.55 bits per heavy atom. The number of carbonyl (C=O) groups is 3. The second-order valence-corrected chi connectivity index (χ2v) is 12.0. The van der Waals surface area contributed by atoms with Crippen molar-refractivity contribution in [3.63, 3.8) is 0 Å². The molecule has 1 aliphatic heterocycles. The average Bonchev–Trinajstić information content (AvgIpc) is 3.80. The van der Waals surface area contributed by atoms with Crippen LogP contribution in [-0.4, -0.2) is 28.7 Å². The Morgan fingerprint density at radius 2 is 1.80 bits per heavy atom. The Hall–Kier alpha value is -3.34. The fraction of sp³-hybridized carbons (Fsp3) is 0.486. The normalized spacial score (nSPS) is 27.1. The van der Waals surface area contributed by atoms with E-state index in [1.54, 1.807) is 12.3 Å². The number of hydrogen-bond acceptors (Lipinski definition) is 5. The molecule has 5 heteroatoms. The van der Waals surface area contributed by atoms with Gasteiger partial charge in [0.15, 0.2) is 5.78 Å². The van der Waals surface area contributed by atoms with Crippen LogP contribution in [0.2, 0.25) is 0 Å². The van der Waals surface area contributed by atoms with Gasteiger partial charge < -0.3 is 5.11 Å². The van der Waals surface area contributed by atoms with Gasteiger partial charge in [0.1, 0.15) is 23.0 Å². The lowest BCUT2D eigenvalue weighted by Crippen LogP contribution is -2.38. The number of benzene rings is 1. The lowest BCUT2D eigenvalue weighted by atomic mass is 9.63. The topological polar surface area (TPSA) is 83.8 Å². The van der Waals surface area contributed by atoms with Gasteiger partial charge in [-0.1, -0.05) is 49.4 Å². The van der Waals surface area contributed by atoms with Crippen molar-refractivity contribution in [3.05, 3.63) is 82.8 Å². The number of nitrogens with zero attached hydrogens (tertiary/aromatic N) is 1. The zero-order valence-corrected chi connectivity index (χ0v) is 23.6. The highest BCUT2D eigenvalue weighted by Gasteiger charge is 2.45. The van der Waals surface area contributed by atoms with Crippen LogP contribution in [0.5, 0.6) is 0 Å². The molecule has 0 radical (unpaired) electrons. The molecule has 210 valence electrons. The number of aliphatic hydroxyl groups is 1. The molecular weight excluding hydrogens is 498 g/mol. The van der Waals surface area contributed by atoms with E-state index in [9.17, 15) is 19.5 Å². The van der Waals surface area contributed by atoms with E-state index < -0.39 is 5.41 Å². The lowest BCUT2D eigenvalue weighted by molar-refractivity contribution is -0.134. The zero-order valence-electron chi connectivity index (χ0n) is 23.6. The number of aliphatic hydroxyl groups excluding tert-OH is 1. The molecule has 2 unspecified atom stereocenters. The van der Waals surface area contributed by atoms with E-state index in [2.05, 4.69) is 30.1 Å². The Kier molecular flexibility index (Phi) is 8.78. The highest BCUT2D eigenvalue weighted by atomic mass is 16.3. The predicted molar refractivity (Wildman–Crippen MR) is 158 cm³/mol. The average molecular weight is 540 g/mol. The summed E-state index contributed by atoms with van der Waals surface area (Å²) in [5, 5.41) is 10.4. The molecule has 0 aromatic heterocycles. The van der Waals surface area contributed by atoms with Crippen molar-refractivity contribution < 1.29 is 19.5 Å². The van der Waals surface area contributed by atoms with Gasteiger partial charge in [-0.05, 0) is 98.5 Å². The summed E-state index contributed by atoms with van der Waals surface area (Å²) in [4.78, 5) is 44.5. The summed E-state index contributed by atoms with van der Waals surface area (Å²) in [6.45, 7) is 2.11. The molecule has 3 aliphatic carbocycles. The number of hydrogen-bond donors (Lipinski definition) is 1. The van der Waals surface area contributed by atoms with Crippen molar-refractivity contribution in [2.75, 3.05) is 0 Å². The van der Waals surface area contributed by atoms with Gasteiger partial charge in [0.2, 0.25) is 0 Å². The summed E-state index contributed by atoms with van der Waals surface area (Å²) in [6.07, 6.45) is 18.7. The van der Waals surface area contributed by atoms with E-state index in [1.165, 1.54) is 5.56 Å². The molecule has 2 saturated carbocycles. The molecule has 1 N–H and O–H groups in total. The number of allylic oxidation sites excluding steroid dienone is 7. The van der Waals surface area contributed by atoms with Gasteiger partial charge in [0.05, 0.1) is 0 Å². The number of rotatable bonds is 12. The Labute approximate surface area is 237 Å². The molecule has 0 amide bonds. The third-order valence-electron chi connectivity index (χ3n) is 9.49. The monoisotopic (exact) mass is 539 g/mol. The van der Waals surface area contributed by atoms with Crippen LogP contribution < -0.4 is 0 Å². The van der Waals surface area contributed by atoms with Crippen LogP contribution in [0.3, 0.4) is 0 Å². The van der Waals surface area contributed by atoms with E-state index >= 15 is 0 Å². The summed E-state index contributed by atoms with van der Waals surface area (Å²) in [6, 6.07) is 8.20. The Morgan fingerprint density at radius 1 is 1.05 bits per heavy atom. The summed E-state index contributed by atoms with van der Waals surface area (Å²) >= 11 is 0. The second kappa shape index (κ2) is 12.4. The third kappa shape index (κ3) is 6.51. The maximum atomic E-state index is 13.9. The van der Waals surface area contributed by atoms with Crippen molar-refractivity contribution in [1.82, 2.24) is 0 Å². The molecular formula is C35H41NO4. The van der Waals surface area contributed by atoms with Crippen molar-refractivity contribution >= 4 is 23.6 Å². The highest BCUT2D eigenvalue weighted by molar-refractivity contribution is 5.99. The largest absolute Gasteiger partial charge is 0.508 e. The molecule has 1 aromatic rings. The summed E-state index contributed by atoms with van der Waals surface area (Å²) in [5.74, 6) is 1.47. The molecule has 1 aromatic carbocycles. The SMILES string of the molecule is CCc1ccc(CC(=O)CCC2(C(=O)CCC3=C(O)C=CC4CC34)CCC(C(=O)C3=CCC=CC=N3)CC2)cc1. The molecule has 5 nitrogen and oxygen atoms in total. The molecule has 5 rings (SSSR count). The minimum Gasteiger partial charge on any atom is -0.508 e. The van der Waals surface area contributed by atoms with Crippen LogP contribution in [0.25, 0.3) is 0 Å². The molecule has 0 spiro atoms. The van der Waals surface area contributed by atoms with Crippen LogP contribution >= 0.6 is 0 Å². The molecule has 4 aliphatic rings. The van der Waals surface area contributed by atoms with E-state index in [4.69, 9.17) is 0 Å². The first-order valence-electron chi connectivity index (χ1n) is 15.0. The van der Waals surface area contributed by atoms with Crippen molar-refractivity contribution in [2.45, 2.75) is 84.0 Å². The lowest BCUT2D eigenvalue weighted by Gasteiger charge is -2.39. The number of aliphatic imine (C=N–C) groups is 1. The number of ketones is 3. The second-order valence-electron chi connectivity index (χ2n) is 12.0. The van der Waals surface area contributed by atoms with Crippen LogP contribution in [-0.2, 0) is 27.2 Å². The number of fused-ring (bicyclic) bond motifs is 1. The highest BCUT2D eigenvalue weighted by Crippen LogP contribution is 2.51. The minimum atomic E-state index is -0.592. The third-order valence-corrected chi connectivity index (χ3v) is 9.49. The van der Waals surface area contributed by atoms with E-state index in [-0.39, 0.29) is 23.3 Å². The Balaban J connectivity index is 1.25. The summed E-state index contributed by atoms with van der Waals surface area (Å²) < 4.78 is 0. The van der Waals surface area contributed by atoms with Crippen LogP contribution in [0.15, 0.2) is 76.7 Å². The maximum absolute atomic E-state index is 13.9. The molecule has 40 heavy (non-hydrogen) atoms. The fourth-order valence-electron chi connectivity index (χ4n) is 6.72. The van der Waals surface area contributed by atoms with Gasteiger partial charge in [0, 0.05) is 36.8 Å². The predicted octanol–water partition coefficient (Wildman–Crippen LogP) is 7.17. The quantitative estimate of drug-likeness (QED) is 0.305. The molecule has 1 heterocycles. The standard InChI is InChI=1S/C35H41NO4/c1-2-24-7-9-25(10-8-24)22-28(37)17-20-35(33(39)14-12-29-30-23-27(30)11-13-32(29)38)18-15-26(16-19-35)34(40)31-6-4-3-5-21-36-31/h3,5-11,13,21,26-27,30,38H,2,4,12,14-20,22-23H2,1H3. The first kappa shape index (κ1) is 28.2. The summed E-state index contributed by atoms with van der Waals surface area (Å²) in [5.41, 5.74) is 3.20. The number of aryl methyl sites for hydroxylation is 1. The fourth-order valence-corrected chi connectivity index (χ4v) is 6.72. The maximum Gasteiger partial charge on any atom is 0.183 e. The van der Waals surface area contributed by atoms with Crippen molar-refractivity contribution in [2.24, 2.45) is 28.2 Å². The van der Waals surface area contributed by atoms with Crippen molar-refractivity contribution in [3.8, 4) is 0 Å². The van der Waals surface area contributed by atoms with Gasteiger partial charge in [0.25, 0.3) is 0 Å². The molecule has 0 saturated heterocycles. The van der Waals surface area contributed by atoms with Gasteiger partial charge in [-0.25, -0.2) is 0 Å². The molecule has 2 atom stereocenters. The van der Waals surface area contributed by atoms with Gasteiger partial charge >= 0.3 is 0 Å². The van der Waals surface area contributed by atoms with Gasteiger partial charge in [-0.2, -0.15) is 0 Å². The number of carbonyl (C=O) groups excluding carboxylic acids is 3. The van der Waals surface area contributed by atoms with Gasteiger partial charge in [-0.3, -0.25) is 19.4 Å². The first-order chi connectivity index (χ1) is 19.4. The van der Waals surface area contributed by atoms with Crippen LogP contribution in [0.1, 0.15) is 82.3 Å². The number of Topliss-reactive ketones (excluding diaryl/α,β-unsaturated/α-hetero) is 3. The zero-order chi connectivity index (χ0) is 28.1. The van der Waals surface area contributed by atoms with Crippen LogP contribution in [0, 0.1) is 23.2 Å². The summed E-state index contributed by atoms with van der Waals surface area (Å²) in [7, 11) is 0. The first-order valence-corrected chi connectivity index (χ1v) is 15.0. The van der Waals surface area contributed by atoms with E-state index in [0.717, 1.165) is 24.0 Å². The smallest absolute Gasteiger partial charge is 0.183 e. The van der Waals surface area contributed by atoms with E-state index in [1.807, 2.05) is 30.4 Å². The van der Waals surface area contributed by atoms with E-state index in [0.29, 0.717) is 87.5 Å². The molecule has 2 fully saturated rings. The van der Waals surface area contributed by atoms with Gasteiger partial charge in [-0.15, -0.1) is 0 Å². The van der Waals surface area contributed by atoms with Crippen molar-refractivity contribution in [1.29, 1.82) is 0 Å². The van der Waals surface area contributed by atoms with Crippen LogP contribution in [0.4, 0.5) is 0 Å².